The van der Waals surface area contributed by atoms with Gasteiger partial charge in [-0.1, -0.05) is 6.42 Å². The lowest BCUT2D eigenvalue weighted by Crippen LogP contribution is -2.01. The van der Waals surface area contributed by atoms with Crippen molar-refractivity contribution in [2.75, 3.05) is 18.6 Å². The number of carboxylic acid groups (broad SMARTS) is 1. The predicted octanol–water partition coefficient (Wildman–Crippen LogP) is 1.93. The van der Waals surface area contributed by atoms with Crippen molar-refractivity contribution in [3.8, 4) is 0 Å². The quantitative estimate of drug-likeness (QED) is 0.488. The molecule has 15 heavy (non-hydrogen) atoms. The van der Waals surface area contributed by atoms with Crippen molar-refractivity contribution in [2.45, 2.75) is 32.1 Å². The number of methoxy groups -OCH3 is 1. The molecule has 0 radical (unpaired) electrons. The Hall–Kier alpha value is -0.710. The molecule has 0 atom stereocenters. The lowest BCUT2D eigenvalue weighted by molar-refractivity contribution is -0.140. The summed E-state index contributed by atoms with van der Waals surface area (Å²) in [5, 5.41) is 8.39. The van der Waals surface area contributed by atoms with Crippen molar-refractivity contribution in [3.63, 3.8) is 0 Å². The van der Waals surface area contributed by atoms with Gasteiger partial charge in [0.25, 0.3) is 0 Å². The molecule has 0 saturated carbocycles. The second kappa shape index (κ2) is 9.83. The van der Waals surface area contributed by atoms with Gasteiger partial charge in [0.15, 0.2) is 0 Å². The normalized spacial score (nSPS) is 9.93. The molecule has 0 heterocycles. The fraction of sp³-hybridized carbons (Fsp3) is 0.800. The molecule has 0 saturated heterocycles. The summed E-state index contributed by atoms with van der Waals surface area (Å²) in [5.41, 5.74) is 0. The van der Waals surface area contributed by atoms with Crippen LogP contribution in [0.25, 0.3) is 0 Å². The Morgan fingerprint density at radius 1 is 1.13 bits per heavy atom. The Balaban J connectivity index is 3.05. The van der Waals surface area contributed by atoms with Gasteiger partial charge in [0.2, 0.25) is 0 Å². The standard InChI is InChI=1S/C10H18O4S/c1-14-10(13)6-8-15-7-4-2-3-5-9(11)12/h2-8H2,1H3,(H,11,12). The number of unbranched alkanes of at least 4 members (excludes halogenated alkanes) is 2. The molecule has 0 bridgehead atoms. The molecule has 0 aliphatic carbocycles. The molecular formula is C10H18O4S. The molecule has 0 rings (SSSR count). The van der Waals surface area contributed by atoms with Crippen LogP contribution in [0.1, 0.15) is 32.1 Å². The lowest BCUT2D eigenvalue weighted by Gasteiger charge is -2.00. The van der Waals surface area contributed by atoms with Crippen LogP contribution in [0.2, 0.25) is 0 Å². The number of thioether (sulfide) groups is 1. The summed E-state index contributed by atoms with van der Waals surface area (Å²) < 4.78 is 4.50. The van der Waals surface area contributed by atoms with E-state index in [0.29, 0.717) is 6.42 Å². The van der Waals surface area contributed by atoms with Crippen LogP contribution in [0, 0.1) is 0 Å². The van der Waals surface area contributed by atoms with Gasteiger partial charge in [-0.15, -0.1) is 0 Å². The average molecular weight is 234 g/mol. The van der Waals surface area contributed by atoms with E-state index in [1.807, 2.05) is 0 Å². The molecule has 0 aromatic heterocycles. The van der Waals surface area contributed by atoms with Crippen molar-refractivity contribution in [2.24, 2.45) is 0 Å². The molecule has 0 aliphatic heterocycles. The van der Waals surface area contributed by atoms with Gasteiger partial charge in [-0.2, -0.15) is 11.8 Å². The third kappa shape index (κ3) is 11.2. The first-order valence-electron chi connectivity index (χ1n) is 5.03. The number of carboxylic acids is 1. The van der Waals surface area contributed by atoms with Crippen LogP contribution in [0.3, 0.4) is 0 Å². The Morgan fingerprint density at radius 2 is 1.87 bits per heavy atom. The molecule has 0 fully saturated rings. The number of hydrogen-bond donors (Lipinski definition) is 1. The first-order chi connectivity index (χ1) is 7.16. The maximum absolute atomic E-state index is 10.7. The van der Waals surface area contributed by atoms with Crippen molar-refractivity contribution in [3.05, 3.63) is 0 Å². The van der Waals surface area contributed by atoms with E-state index in [2.05, 4.69) is 4.74 Å². The smallest absolute Gasteiger partial charge is 0.306 e. The van der Waals surface area contributed by atoms with E-state index in [-0.39, 0.29) is 12.4 Å². The SMILES string of the molecule is COC(=O)CCSCCCCCC(=O)O. The van der Waals surface area contributed by atoms with Gasteiger partial charge in [0, 0.05) is 12.2 Å². The minimum absolute atomic E-state index is 0.173. The van der Waals surface area contributed by atoms with E-state index in [9.17, 15) is 9.59 Å². The second-order valence-electron chi connectivity index (χ2n) is 3.14. The summed E-state index contributed by atoms with van der Waals surface area (Å²) in [6, 6.07) is 0. The highest BCUT2D eigenvalue weighted by Crippen LogP contribution is 2.09. The largest absolute Gasteiger partial charge is 0.481 e. The highest BCUT2D eigenvalue weighted by atomic mass is 32.2. The van der Waals surface area contributed by atoms with Gasteiger partial charge in [-0.05, 0) is 18.6 Å². The molecule has 0 aromatic rings. The molecule has 0 aliphatic rings. The monoisotopic (exact) mass is 234 g/mol. The number of hydrogen-bond acceptors (Lipinski definition) is 4. The van der Waals surface area contributed by atoms with Crippen LogP contribution in [0.15, 0.2) is 0 Å². The van der Waals surface area contributed by atoms with Gasteiger partial charge in [-0.3, -0.25) is 9.59 Å². The Morgan fingerprint density at radius 3 is 2.47 bits per heavy atom. The molecule has 4 nitrogen and oxygen atoms in total. The third-order valence-corrected chi connectivity index (χ3v) is 2.93. The van der Waals surface area contributed by atoms with Crippen molar-refractivity contribution < 1.29 is 19.4 Å². The maximum atomic E-state index is 10.7. The maximum Gasteiger partial charge on any atom is 0.306 e. The summed E-state index contributed by atoms with van der Waals surface area (Å²) in [4.78, 5) is 20.9. The van der Waals surface area contributed by atoms with Crippen LogP contribution in [-0.2, 0) is 14.3 Å². The second-order valence-corrected chi connectivity index (χ2v) is 4.37. The van der Waals surface area contributed by atoms with Crippen LogP contribution >= 0.6 is 11.8 Å². The van der Waals surface area contributed by atoms with Gasteiger partial charge in [0.1, 0.15) is 0 Å². The Labute approximate surface area is 94.4 Å². The van der Waals surface area contributed by atoms with Crippen LogP contribution < -0.4 is 0 Å². The van der Waals surface area contributed by atoms with Crippen molar-refractivity contribution in [1.82, 2.24) is 0 Å². The van der Waals surface area contributed by atoms with Gasteiger partial charge < -0.3 is 9.84 Å². The topological polar surface area (TPSA) is 63.6 Å². The minimum atomic E-state index is -0.728. The van der Waals surface area contributed by atoms with Crippen molar-refractivity contribution >= 4 is 23.7 Å². The first kappa shape index (κ1) is 14.3. The molecule has 0 aromatic carbocycles. The highest BCUT2D eigenvalue weighted by molar-refractivity contribution is 7.99. The van der Waals surface area contributed by atoms with Gasteiger partial charge in [-0.25, -0.2) is 0 Å². The van der Waals surface area contributed by atoms with E-state index < -0.39 is 5.97 Å². The van der Waals surface area contributed by atoms with Crippen molar-refractivity contribution in [1.29, 1.82) is 0 Å². The lowest BCUT2D eigenvalue weighted by atomic mass is 10.2. The average Bonchev–Trinajstić information content (AvgIpc) is 2.21. The minimum Gasteiger partial charge on any atom is -0.481 e. The highest BCUT2D eigenvalue weighted by Gasteiger charge is 2.00. The molecule has 0 spiro atoms. The molecule has 0 unspecified atom stereocenters. The predicted molar refractivity (Wildman–Crippen MR) is 60.1 cm³/mol. The zero-order chi connectivity index (χ0) is 11.5. The van der Waals surface area contributed by atoms with E-state index in [0.717, 1.165) is 30.8 Å². The summed E-state index contributed by atoms with van der Waals surface area (Å²) in [6.45, 7) is 0. The number of ether oxygens (including phenoxy) is 1. The van der Waals surface area contributed by atoms with E-state index in [1.54, 1.807) is 11.8 Å². The fourth-order valence-electron chi connectivity index (χ4n) is 1.02. The first-order valence-corrected chi connectivity index (χ1v) is 6.18. The Bertz CT molecular complexity index is 194. The molecule has 5 heteroatoms. The zero-order valence-corrected chi connectivity index (χ0v) is 9.85. The van der Waals surface area contributed by atoms with Gasteiger partial charge >= 0.3 is 11.9 Å². The van der Waals surface area contributed by atoms with Crippen LogP contribution in [0.5, 0.6) is 0 Å². The van der Waals surface area contributed by atoms with Gasteiger partial charge in [0.05, 0.1) is 13.5 Å². The third-order valence-electron chi connectivity index (χ3n) is 1.86. The van der Waals surface area contributed by atoms with Crippen LogP contribution in [-0.4, -0.2) is 35.7 Å². The van der Waals surface area contributed by atoms with Crippen LogP contribution in [0.4, 0.5) is 0 Å². The number of rotatable bonds is 9. The summed E-state index contributed by atoms with van der Waals surface area (Å²) in [6.07, 6.45) is 3.41. The zero-order valence-electron chi connectivity index (χ0n) is 9.03. The molecular weight excluding hydrogens is 216 g/mol. The fourth-order valence-corrected chi connectivity index (χ4v) is 1.94. The summed E-state index contributed by atoms with van der Waals surface area (Å²) in [5.74, 6) is 0.865. The van der Waals surface area contributed by atoms with E-state index in [1.165, 1.54) is 7.11 Å². The van der Waals surface area contributed by atoms with E-state index in [4.69, 9.17) is 5.11 Å². The number of carbonyl (C=O) groups excluding carboxylic acids is 1. The summed E-state index contributed by atoms with van der Waals surface area (Å²) in [7, 11) is 1.39. The number of carbonyl (C=O) groups is 2. The number of aliphatic carboxylic acids is 1. The summed E-state index contributed by atoms with van der Waals surface area (Å²) >= 11 is 1.71. The number of esters is 1. The molecule has 1 N–H and O–H groups in total. The molecule has 88 valence electrons. The molecule has 0 amide bonds. The Kier molecular flexibility index (Phi) is 9.36. The van der Waals surface area contributed by atoms with E-state index >= 15 is 0 Å².